The number of hydrogen-bond acceptors (Lipinski definition) is 18. The smallest absolute Gasteiger partial charge is 0.337 e. The van der Waals surface area contributed by atoms with Crippen molar-refractivity contribution in [3.05, 3.63) is 34.9 Å². The molecule has 23 atom stereocenters. The summed E-state index contributed by atoms with van der Waals surface area (Å²) in [6.45, 7) is 23.0. The number of carbonyl (C=O) groups is 3. The molecule has 4 saturated carbocycles. The van der Waals surface area contributed by atoms with Crippen molar-refractivity contribution in [2.24, 2.45) is 62.1 Å². The lowest BCUT2D eigenvalue weighted by molar-refractivity contribution is -0.374. The summed E-state index contributed by atoms with van der Waals surface area (Å²) >= 11 is 0. The summed E-state index contributed by atoms with van der Waals surface area (Å²) in [7, 11) is 1.10. The molecule has 0 aromatic rings. The second-order valence-electron chi connectivity index (χ2n) is 26.1. The van der Waals surface area contributed by atoms with Gasteiger partial charge in [0.1, 0.15) is 54.6 Å². The van der Waals surface area contributed by atoms with Gasteiger partial charge in [-0.05, 0) is 113 Å². The molecule has 1 unspecified atom stereocenters. The van der Waals surface area contributed by atoms with Gasteiger partial charge in [0.05, 0.1) is 44.6 Å². The van der Waals surface area contributed by atoms with Crippen molar-refractivity contribution in [3.63, 3.8) is 0 Å². The predicted molar refractivity (Wildman–Crippen MR) is 276 cm³/mol. The van der Waals surface area contributed by atoms with Crippen molar-refractivity contribution < 1.29 is 88.8 Å². The van der Waals surface area contributed by atoms with E-state index in [9.17, 15) is 55.5 Å². The molecular weight excluding hydrogens is 985 g/mol. The molecular formula is C58H92O18. The number of ether oxygens (including phenoxy) is 6. The first kappa shape index (κ1) is 60.9. The highest BCUT2D eigenvalue weighted by atomic mass is 16.8. The normalized spacial score (nSPS) is 46.1. The van der Waals surface area contributed by atoms with Crippen molar-refractivity contribution in [1.29, 1.82) is 0 Å². The number of esters is 2. The van der Waals surface area contributed by atoms with Gasteiger partial charge in [0.25, 0.3) is 0 Å². The average molecular weight is 1080 g/mol. The third kappa shape index (κ3) is 9.84. The van der Waals surface area contributed by atoms with Crippen molar-refractivity contribution in [1.82, 2.24) is 0 Å². The molecule has 0 radical (unpaired) electrons. The lowest BCUT2D eigenvalue weighted by atomic mass is 9.31. The first-order valence-corrected chi connectivity index (χ1v) is 27.8. The second kappa shape index (κ2) is 22.3. The molecule has 0 spiro atoms. The summed E-state index contributed by atoms with van der Waals surface area (Å²) in [5.74, 6) is -4.10. The van der Waals surface area contributed by atoms with E-state index in [1.165, 1.54) is 11.6 Å². The number of rotatable bonds is 15. The van der Waals surface area contributed by atoms with E-state index in [1.54, 1.807) is 0 Å². The maximum Gasteiger partial charge on any atom is 0.337 e. The molecule has 9 N–H and O–H groups in total. The Balaban J connectivity index is 1.21. The summed E-state index contributed by atoms with van der Waals surface area (Å²) < 4.78 is 35.8. The lowest BCUT2D eigenvalue weighted by Gasteiger charge is -2.73. The van der Waals surface area contributed by atoms with E-state index in [-0.39, 0.29) is 17.6 Å². The van der Waals surface area contributed by atoms with E-state index in [0.717, 1.165) is 24.7 Å². The molecule has 432 valence electrons. The van der Waals surface area contributed by atoms with Gasteiger partial charge in [0.2, 0.25) is 0 Å². The van der Waals surface area contributed by atoms with Gasteiger partial charge in [0.15, 0.2) is 18.7 Å². The molecule has 0 amide bonds. The number of hydrogen-bond donors (Lipinski definition) is 9. The monoisotopic (exact) mass is 1080 g/mol. The van der Waals surface area contributed by atoms with Crippen molar-refractivity contribution >= 4 is 17.7 Å². The molecule has 6 fully saturated rings. The number of ketones is 1. The van der Waals surface area contributed by atoms with Crippen LogP contribution in [-0.2, 0) is 42.8 Å². The summed E-state index contributed by atoms with van der Waals surface area (Å²) in [5, 5.41) is 103. The lowest BCUT2D eigenvalue weighted by Crippen LogP contribution is -2.75. The number of allylic oxidation sites excluding steroid dienone is 4. The van der Waals surface area contributed by atoms with Crippen LogP contribution in [0, 0.1) is 62.1 Å². The fourth-order valence-corrected chi connectivity index (χ4v) is 16.3. The molecule has 2 aliphatic heterocycles. The number of fused-ring (bicyclic) bond motifs is 7. The Bertz CT molecular complexity index is 2220. The fourth-order valence-electron chi connectivity index (χ4n) is 16.3. The van der Waals surface area contributed by atoms with Crippen molar-refractivity contribution in [2.45, 2.75) is 227 Å². The first-order valence-electron chi connectivity index (χ1n) is 27.8. The molecule has 76 heavy (non-hydrogen) atoms. The van der Waals surface area contributed by atoms with Gasteiger partial charge in [-0.3, -0.25) is 4.79 Å². The SMILES string of the molecule is CCC(C)C(=O)[C@H]1[C@H](OC(=O)/C=C(/C)CCC=C(C)C)C(C)(C)C[C@H]2C3=CC[C@@H]4[C@@]5(C)CC[C@H](O[C@@H]6O[C@H](C(=O)OC)[C@@H](O)[C@H](O)[C@H]6O[C@@H]6O[C@H](CO)[C@@H](O)[C@H](O)[C@H]6O)C(C)(C)[C@@H]5CC[C@@]4(C)[C@]3(C)[C@@H](O)[C@@H](O)[C@]21CO. The van der Waals surface area contributed by atoms with Crippen molar-refractivity contribution in [2.75, 3.05) is 20.3 Å². The number of Topliss-reactive ketones (excluding diaryl/α,β-unsaturated/α-hetero) is 1. The predicted octanol–water partition coefficient (Wildman–Crippen LogP) is 3.97. The number of methoxy groups -OCH3 is 1. The minimum Gasteiger partial charge on any atom is -0.467 e. The van der Waals surface area contributed by atoms with E-state index in [2.05, 4.69) is 39.8 Å². The zero-order chi connectivity index (χ0) is 56.6. The molecule has 0 bridgehead atoms. The molecule has 18 nitrogen and oxygen atoms in total. The van der Waals surface area contributed by atoms with E-state index in [1.807, 2.05) is 55.4 Å². The zero-order valence-corrected chi connectivity index (χ0v) is 47.2. The molecule has 7 rings (SSSR count). The molecule has 2 saturated heterocycles. The van der Waals surface area contributed by atoms with Gasteiger partial charge in [-0.2, -0.15) is 0 Å². The Kier molecular flexibility index (Phi) is 17.9. The largest absolute Gasteiger partial charge is 0.467 e. The quantitative estimate of drug-likeness (QED) is 0.0485. The summed E-state index contributed by atoms with van der Waals surface area (Å²) in [5.41, 5.74) is -2.21. The van der Waals surface area contributed by atoms with Gasteiger partial charge in [0, 0.05) is 28.2 Å². The third-order valence-corrected chi connectivity index (χ3v) is 21.0. The molecule has 0 aromatic carbocycles. The summed E-state index contributed by atoms with van der Waals surface area (Å²) in [6.07, 6.45) is -10.8. The van der Waals surface area contributed by atoms with E-state index >= 15 is 4.79 Å². The van der Waals surface area contributed by atoms with Crippen LogP contribution in [0.3, 0.4) is 0 Å². The Labute approximate surface area is 449 Å². The molecule has 2 heterocycles. The van der Waals surface area contributed by atoms with Gasteiger partial charge < -0.3 is 74.4 Å². The van der Waals surface area contributed by atoms with E-state index < -0.39 is 161 Å². The van der Waals surface area contributed by atoms with Crippen LogP contribution >= 0.6 is 0 Å². The average Bonchev–Trinajstić information content (AvgIpc) is 3.52. The van der Waals surface area contributed by atoms with Crippen LogP contribution in [0.5, 0.6) is 0 Å². The summed E-state index contributed by atoms with van der Waals surface area (Å²) in [6, 6.07) is 0. The number of aliphatic hydroxyl groups excluding tert-OH is 9. The van der Waals surface area contributed by atoms with Crippen LogP contribution in [0.15, 0.2) is 34.9 Å². The van der Waals surface area contributed by atoms with Gasteiger partial charge in [-0.15, -0.1) is 0 Å². The highest BCUT2D eigenvalue weighted by molar-refractivity contribution is 5.87. The van der Waals surface area contributed by atoms with Crippen LogP contribution < -0.4 is 0 Å². The highest BCUT2D eigenvalue weighted by Gasteiger charge is 2.76. The maximum absolute atomic E-state index is 15.1. The second-order valence-corrected chi connectivity index (χ2v) is 26.1. The topological polar surface area (TPSA) is 289 Å². The van der Waals surface area contributed by atoms with Gasteiger partial charge >= 0.3 is 11.9 Å². The summed E-state index contributed by atoms with van der Waals surface area (Å²) in [4.78, 5) is 41.9. The van der Waals surface area contributed by atoms with Crippen molar-refractivity contribution in [3.8, 4) is 0 Å². The minimum atomic E-state index is -1.88. The highest BCUT2D eigenvalue weighted by Crippen LogP contribution is 2.76. The van der Waals surface area contributed by atoms with Crippen LogP contribution in [0.25, 0.3) is 0 Å². The molecule has 5 aliphatic carbocycles. The van der Waals surface area contributed by atoms with Crippen LogP contribution in [-0.4, -0.2) is 170 Å². The van der Waals surface area contributed by atoms with Crippen LogP contribution in [0.2, 0.25) is 0 Å². The first-order chi connectivity index (χ1) is 35.4. The van der Waals surface area contributed by atoms with Crippen LogP contribution in [0.1, 0.15) is 141 Å². The standard InChI is InChI=1S/C58H92O18/c1-14-30(5)39(62)38-49(74-37(61)24-29(4)17-15-16-28(2)3)53(6,7)25-32-31-18-19-35-55(10)22-21-36(54(8,9)34(55)20-23-56(35,11)57(31,12)47(68)48(69)58(32,38)27-60)73-52-46(43(66)42(65)45(75-52)50(70)71-13)76-51-44(67)41(64)40(63)33(26-59)72-51/h16,18,24,30,32-36,38,40-49,51-52,59-60,63-69H,14-15,17,19-23,25-27H2,1-13H3/b29-24-/t30?,32-,33+,34-,35+,36-,38-,40+,41-,42-,43-,44+,45-,46+,47-,48+,49-,51-,52+,55-,56+,57-,58+/m0/s1. The fraction of sp³-hybridized carbons (Fsp3) is 0.845. The molecule has 7 aliphatic rings. The van der Waals surface area contributed by atoms with E-state index in [0.29, 0.717) is 51.4 Å². The minimum absolute atomic E-state index is 0.0376. The molecule has 0 aromatic heterocycles. The number of aliphatic hydroxyl groups is 9. The number of carbonyl (C=O) groups excluding carboxylic acids is 3. The van der Waals surface area contributed by atoms with Crippen LogP contribution in [0.4, 0.5) is 0 Å². The Hall–Kier alpha value is -2.69. The maximum atomic E-state index is 15.1. The van der Waals surface area contributed by atoms with Gasteiger partial charge in [-0.25, -0.2) is 9.59 Å². The molecule has 18 heteroatoms. The Morgan fingerprint density at radius 3 is 2.09 bits per heavy atom. The Morgan fingerprint density at radius 2 is 1.49 bits per heavy atom. The Morgan fingerprint density at radius 1 is 0.816 bits per heavy atom. The zero-order valence-electron chi connectivity index (χ0n) is 47.2. The van der Waals surface area contributed by atoms with E-state index in [4.69, 9.17) is 28.4 Å². The third-order valence-electron chi connectivity index (χ3n) is 21.0. The van der Waals surface area contributed by atoms with Gasteiger partial charge in [-0.1, -0.05) is 91.2 Å².